The van der Waals surface area contributed by atoms with Crippen molar-refractivity contribution in [1.29, 1.82) is 0 Å². The van der Waals surface area contributed by atoms with Crippen LogP contribution >= 0.6 is 23.2 Å². The highest BCUT2D eigenvalue weighted by atomic mass is 35.5. The maximum Gasteiger partial charge on any atom is 0.291 e. The van der Waals surface area contributed by atoms with Crippen molar-refractivity contribution in [2.75, 3.05) is 0 Å². The van der Waals surface area contributed by atoms with Crippen molar-refractivity contribution in [2.24, 2.45) is 0 Å². The Morgan fingerprint density at radius 3 is 2.50 bits per heavy atom. The van der Waals surface area contributed by atoms with E-state index in [0.717, 1.165) is 15.8 Å². The second-order valence-electron chi connectivity index (χ2n) is 6.90. The summed E-state index contributed by atoms with van der Waals surface area (Å²) in [5, 5.41) is 3.82. The summed E-state index contributed by atoms with van der Waals surface area (Å²) < 4.78 is 31.0. The Labute approximate surface area is 194 Å². The maximum absolute atomic E-state index is 12.7. The SMILES string of the molecule is O=c1c(Cl)c(Cl)cnn1-c1ccc(S(=O)(=O)NCc2cccc(Cn3ccnc3)c2)cc1. The zero-order valence-corrected chi connectivity index (χ0v) is 18.8. The molecular formula is C21H17Cl2N5O3S. The highest BCUT2D eigenvalue weighted by Gasteiger charge is 2.15. The summed E-state index contributed by atoms with van der Waals surface area (Å²) in [6, 6.07) is 13.4. The summed E-state index contributed by atoms with van der Waals surface area (Å²) in [6.45, 7) is 0.778. The molecule has 32 heavy (non-hydrogen) atoms. The predicted octanol–water partition coefficient (Wildman–Crippen LogP) is 3.26. The number of nitrogens with one attached hydrogen (secondary N) is 1. The number of hydrogen-bond acceptors (Lipinski definition) is 5. The number of imidazole rings is 1. The van der Waals surface area contributed by atoms with Crippen molar-refractivity contribution in [3.05, 3.63) is 105 Å². The minimum Gasteiger partial charge on any atom is -0.333 e. The highest BCUT2D eigenvalue weighted by molar-refractivity contribution is 7.89. The van der Waals surface area contributed by atoms with Crippen molar-refractivity contribution in [2.45, 2.75) is 18.0 Å². The minimum absolute atomic E-state index is 0.0467. The molecule has 11 heteroatoms. The van der Waals surface area contributed by atoms with E-state index in [1.165, 1.54) is 30.5 Å². The second kappa shape index (κ2) is 9.25. The molecule has 0 aliphatic carbocycles. The molecule has 2 heterocycles. The Balaban J connectivity index is 1.47. The van der Waals surface area contributed by atoms with Gasteiger partial charge in [0.15, 0.2) is 0 Å². The topological polar surface area (TPSA) is 98.9 Å². The summed E-state index contributed by atoms with van der Waals surface area (Å²) >= 11 is 11.7. The van der Waals surface area contributed by atoms with Gasteiger partial charge >= 0.3 is 0 Å². The molecule has 0 aliphatic rings. The molecule has 0 fully saturated rings. The van der Waals surface area contributed by atoms with Crippen LogP contribution < -0.4 is 10.3 Å². The van der Waals surface area contributed by atoms with Crippen molar-refractivity contribution in [3.63, 3.8) is 0 Å². The van der Waals surface area contributed by atoms with Gasteiger partial charge in [-0.3, -0.25) is 4.79 Å². The molecule has 4 aromatic rings. The molecule has 0 aliphatic heterocycles. The number of nitrogens with zero attached hydrogens (tertiary/aromatic N) is 4. The van der Waals surface area contributed by atoms with Gasteiger partial charge in [0.2, 0.25) is 10.0 Å². The molecule has 0 amide bonds. The third-order valence-electron chi connectivity index (χ3n) is 4.65. The van der Waals surface area contributed by atoms with Crippen LogP contribution in [0.5, 0.6) is 0 Å². The van der Waals surface area contributed by atoms with Gasteiger partial charge in [-0.2, -0.15) is 9.78 Å². The van der Waals surface area contributed by atoms with Crippen molar-refractivity contribution in [3.8, 4) is 5.69 Å². The molecule has 0 spiro atoms. The summed E-state index contributed by atoms with van der Waals surface area (Å²) in [7, 11) is -3.77. The number of halogens is 2. The van der Waals surface area contributed by atoms with Crippen LogP contribution in [-0.4, -0.2) is 27.7 Å². The highest BCUT2D eigenvalue weighted by Crippen LogP contribution is 2.18. The van der Waals surface area contributed by atoms with Crippen LogP contribution in [0.15, 0.2) is 83.1 Å². The first kappa shape index (κ1) is 22.2. The number of benzene rings is 2. The van der Waals surface area contributed by atoms with E-state index in [1.807, 2.05) is 35.0 Å². The molecule has 2 aromatic heterocycles. The Kier molecular flexibility index (Phi) is 6.43. The largest absolute Gasteiger partial charge is 0.333 e. The van der Waals surface area contributed by atoms with Gasteiger partial charge in [0.1, 0.15) is 5.02 Å². The molecule has 0 atom stereocenters. The Morgan fingerprint density at radius 2 is 1.78 bits per heavy atom. The quantitative estimate of drug-likeness (QED) is 0.429. The monoisotopic (exact) mass is 489 g/mol. The van der Waals surface area contributed by atoms with Crippen molar-refractivity contribution >= 4 is 33.2 Å². The van der Waals surface area contributed by atoms with Crippen LogP contribution in [0.25, 0.3) is 5.69 Å². The Hall–Kier alpha value is -2.98. The molecule has 0 saturated carbocycles. The van der Waals surface area contributed by atoms with Crippen LogP contribution in [0, 0.1) is 0 Å². The first-order chi connectivity index (χ1) is 15.3. The summed E-state index contributed by atoms with van der Waals surface area (Å²) in [4.78, 5) is 16.3. The van der Waals surface area contributed by atoms with Gasteiger partial charge in [-0.25, -0.2) is 18.1 Å². The van der Waals surface area contributed by atoms with Crippen LogP contribution in [0.4, 0.5) is 0 Å². The fourth-order valence-corrected chi connectivity index (χ4v) is 4.32. The lowest BCUT2D eigenvalue weighted by Gasteiger charge is -2.10. The predicted molar refractivity (Wildman–Crippen MR) is 122 cm³/mol. The van der Waals surface area contributed by atoms with E-state index < -0.39 is 15.6 Å². The van der Waals surface area contributed by atoms with E-state index >= 15 is 0 Å². The fourth-order valence-electron chi connectivity index (χ4n) is 3.05. The standard InChI is InChI=1S/C21H17Cl2N5O3S/c22-19-12-25-28(21(29)20(19)23)17-4-6-18(7-5-17)32(30,31)26-11-15-2-1-3-16(10-15)13-27-9-8-24-14-27/h1-10,12,14,26H,11,13H2. The second-order valence-corrected chi connectivity index (χ2v) is 9.45. The van der Waals surface area contributed by atoms with Gasteiger partial charge in [0, 0.05) is 25.5 Å². The number of hydrogen-bond donors (Lipinski definition) is 1. The van der Waals surface area contributed by atoms with E-state index in [9.17, 15) is 13.2 Å². The molecule has 164 valence electrons. The Bertz CT molecular complexity index is 1400. The van der Waals surface area contributed by atoms with E-state index in [0.29, 0.717) is 12.2 Å². The summed E-state index contributed by atoms with van der Waals surface area (Å²) in [5.41, 5.74) is 1.63. The fraction of sp³-hybridized carbons (Fsp3) is 0.0952. The zero-order chi connectivity index (χ0) is 22.7. The molecule has 0 radical (unpaired) electrons. The van der Waals surface area contributed by atoms with Crippen LogP contribution in [-0.2, 0) is 23.1 Å². The molecule has 0 saturated heterocycles. The summed E-state index contributed by atoms with van der Waals surface area (Å²) in [6.07, 6.45) is 6.54. The zero-order valence-electron chi connectivity index (χ0n) is 16.5. The first-order valence-corrected chi connectivity index (χ1v) is 11.6. The number of sulfonamides is 1. The third-order valence-corrected chi connectivity index (χ3v) is 6.82. The van der Waals surface area contributed by atoms with Crippen molar-refractivity contribution in [1.82, 2.24) is 24.1 Å². The minimum atomic E-state index is -3.77. The van der Waals surface area contributed by atoms with E-state index in [2.05, 4.69) is 14.8 Å². The molecule has 4 rings (SSSR count). The molecular weight excluding hydrogens is 473 g/mol. The molecule has 1 N–H and O–H groups in total. The molecule has 8 nitrogen and oxygen atoms in total. The van der Waals surface area contributed by atoms with Gasteiger partial charge < -0.3 is 4.57 Å². The van der Waals surface area contributed by atoms with E-state index in [4.69, 9.17) is 23.2 Å². The molecule has 0 bridgehead atoms. The van der Waals surface area contributed by atoms with Crippen LogP contribution in [0.3, 0.4) is 0 Å². The average molecular weight is 490 g/mol. The Morgan fingerprint density at radius 1 is 1.03 bits per heavy atom. The summed E-state index contributed by atoms with van der Waals surface area (Å²) in [5.74, 6) is 0. The maximum atomic E-state index is 12.7. The van der Waals surface area contributed by atoms with Crippen LogP contribution in [0.2, 0.25) is 10.0 Å². The third kappa shape index (κ3) is 4.91. The average Bonchev–Trinajstić information content (AvgIpc) is 3.30. The van der Waals surface area contributed by atoms with Gasteiger partial charge in [-0.05, 0) is 35.4 Å². The molecule has 0 unspecified atom stereocenters. The van der Waals surface area contributed by atoms with Gasteiger partial charge in [-0.1, -0.05) is 47.5 Å². The van der Waals surface area contributed by atoms with E-state index in [-0.39, 0.29) is 21.5 Å². The van der Waals surface area contributed by atoms with Crippen LogP contribution in [0.1, 0.15) is 11.1 Å². The van der Waals surface area contributed by atoms with Gasteiger partial charge in [0.25, 0.3) is 5.56 Å². The van der Waals surface area contributed by atoms with Gasteiger partial charge in [-0.15, -0.1) is 0 Å². The first-order valence-electron chi connectivity index (χ1n) is 9.40. The lowest BCUT2D eigenvalue weighted by Crippen LogP contribution is -2.24. The molecule has 2 aromatic carbocycles. The number of rotatable bonds is 7. The number of aromatic nitrogens is 4. The smallest absolute Gasteiger partial charge is 0.291 e. The normalized spacial score (nSPS) is 11.6. The van der Waals surface area contributed by atoms with Gasteiger partial charge in [0.05, 0.1) is 28.1 Å². The lowest BCUT2D eigenvalue weighted by atomic mass is 10.1. The van der Waals surface area contributed by atoms with Crippen molar-refractivity contribution < 1.29 is 8.42 Å². The van der Waals surface area contributed by atoms with E-state index in [1.54, 1.807) is 12.5 Å². The lowest BCUT2D eigenvalue weighted by molar-refractivity contribution is 0.581.